The minimum Gasteiger partial charge on any atom is -0.363 e. The molecule has 0 saturated heterocycles. The molecule has 0 radical (unpaired) electrons. The van der Waals surface area contributed by atoms with Crippen LogP contribution in [0.1, 0.15) is 60.3 Å². The molecular formula is C23H31F2N2O4P. The number of hydrogen-bond donors (Lipinski definition) is 1. The van der Waals surface area contributed by atoms with E-state index in [0.717, 1.165) is 18.9 Å². The van der Waals surface area contributed by atoms with Crippen molar-refractivity contribution in [2.45, 2.75) is 53.0 Å². The standard InChI is InChI=1S/C23H31F2N2O4P/c1-4-7-31-32(30)8-6-16(5-2)11-20-15(3)27(14-21(20)22(28)23(26)29)13-17-9-18(24)12-19(25)10-17/h9-10,12,14,16,32H,4-8,11,13H2,1-3H3,(H2,26,29). The van der Waals surface area contributed by atoms with Crippen molar-refractivity contribution in [3.05, 3.63) is 58.4 Å². The van der Waals surface area contributed by atoms with Crippen LogP contribution < -0.4 is 5.73 Å². The number of benzene rings is 1. The van der Waals surface area contributed by atoms with Gasteiger partial charge in [-0.15, -0.1) is 0 Å². The van der Waals surface area contributed by atoms with Crippen LogP contribution in [0, 0.1) is 24.5 Å². The molecule has 0 aliphatic heterocycles. The molecule has 1 amide bonds. The zero-order valence-corrected chi connectivity index (χ0v) is 19.7. The maximum absolute atomic E-state index is 13.6. The SMILES string of the molecule is CCCO[PH](=O)CCC(CC)Cc1c(C(=O)C(N)=O)cn(Cc2cc(F)cc(F)c2)c1C. The largest absolute Gasteiger partial charge is 0.363 e. The van der Waals surface area contributed by atoms with E-state index < -0.39 is 31.4 Å². The van der Waals surface area contributed by atoms with Gasteiger partial charge in [0.05, 0.1) is 6.61 Å². The fraction of sp³-hybridized carbons (Fsp3) is 0.478. The highest BCUT2D eigenvalue weighted by Gasteiger charge is 2.24. The third kappa shape index (κ3) is 7.10. The summed E-state index contributed by atoms with van der Waals surface area (Å²) in [7, 11) is -2.11. The number of halogens is 2. The van der Waals surface area contributed by atoms with Gasteiger partial charge in [0.1, 0.15) is 11.6 Å². The van der Waals surface area contributed by atoms with Crippen LogP contribution in [0.3, 0.4) is 0 Å². The zero-order chi connectivity index (χ0) is 23.8. The molecule has 2 atom stereocenters. The van der Waals surface area contributed by atoms with Crippen molar-refractivity contribution >= 4 is 19.7 Å². The van der Waals surface area contributed by atoms with E-state index in [0.29, 0.717) is 42.4 Å². The third-order valence-electron chi connectivity index (χ3n) is 5.52. The Labute approximate surface area is 188 Å². The predicted octanol–water partition coefficient (Wildman–Crippen LogP) is 4.65. The maximum Gasteiger partial charge on any atom is 0.289 e. The Morgan fingerprint density at radius 2 is 1.84 bits per heavy atom. The minimum absolute atomic E-state index is 0.120. The van der Waals surface area contributed by atoms with Crippen molar-refractivity contribution in [3.8, 4) is 0 Å². The molecule has 0 saturated carbocycles. The fourth-order valence-corrected chi connectivity index (χ4v) is 4.92. The molecule has 9 heteroatoms. The highest BCUT2D eigenvalue weighted by molar-refractivity contribution is 7.39. The number of ketones is 1. The number of amides is 1. The van der Waals surface area contributed by atoms with Gasteiger partial charge in [0.25, 0.3) is 11.7 Å². The van der Waals surface area contributed by atoms with Crippen LogP contribution in [0.2, 0.25) is 0 Å². The van der Waals surface area contributed by atoms with Crippen LogP contribution >= 0.6 is 8.03 Å². The van der Waals surface area contributed by atoms with E-state index in [1.165, 1.54) is 18.3 Å². The van der Waals surface area contributed by atoms with Gasteiger partial charge in [0.2, 0.25) is 0 Å². The number of carbonyl (C=O) groups is 2. The van der Waals surface area contributed by atoms with Crippen molar-refractivity contribution in [2.24, 2.45) is 11.7 Å². The zero-order valence-electron chi connectivity index (χ0n) is 18.7. The van der Waals surface area contributed by atoms with Crippen LogP contribution in [0.4, 0.5) is 8.78 Å². The lowest BCUT2D eigenvalue weighted by Crippen LogP contribution is -2.24. The number of rotatable bonds is 13. The van der Waals surface area contributed by atoms with Gasteiger partial charge in [-0.2, -0.15) is 0 Å². The average Bonchev–Trinajstić information content (AvgIpc) is 3.03. The van der Waals surface area contributed by atoms with Crippen LogP contribution in [0.25, 0.3) is 0 Å². The van der Waals surface area contributed by atoms with Crippen molar-refractivity contribution in [3.63, 3.8) is 0 Å². The van der Waals surface area contributed by atoms with E-state index in [2.05, 4.69) is 0 Å². The summed E-state index contributed by atoms with van der Waals surface area (Å²) in [6.45, 7) is 6.35. The molecule has 0 aliphatic carbocycles. The average molecular weight is 468 g/mol. The number of hydrogen-bond acceptors (Lipinski definition) is 4. The van der Waals surface area contributed by atoms with E-state index in [1.807, 2.05) is 13.8 Å². The Morgan fingerprint density at radius 3 is 2.41 bits per heavy atom. The summed E-state index contributed by atoms with van der Waals surface area (Å²) in [5, 5.41) is 0. The van der Waals surface area contributed by atoms with Gasteiger partial charge in [0, 0.05) is 36.2 Å². The Morgan fingerprint density at radius 1 is 1.19 bits per heavy atom. The quantitative estimate of drug-likeness (QED) is 0.263. The van der Waals surface area contributed by atoms with E-state index in [4.69, 9.17) is 10.3 Å². The van der Waals surface area contributed by atoms with Gasteiger partial charge < -0.3 is 14.8 Å². The molecule has 176 valence electrons. The second-order valence-electron chi connectivity index (χ2n) is 7.94. The summed E-state index contributed by atoms with van der Waals surface area (Å²) in [5.74, 6) is -3.13. The molecule has 2 unspecified atom stereocenters. The van der Waals surface area contributed by atoms with E-state index in [9.17, 15) is 22.9 Å². The Bertz CT molecular complexity index is 970. The number of nitrogens with zero attached hydrogens (tertiary/aromatic N) is 1. The van der Waals surface area contributed by atoms with E-state index in [-0.39, 0.29) is 18.0 Å². The van der Waals surface area contributed by atoms with Crippen molar-refractivity contribution < 1.29 is 27.5 Å². The van der Waals surface area contributed by atoms with Crippen LogP contribution in [-0.4, -0.2) is 29.0 Å². The van der Waals surface area contributed by atoms with Crippen molar-refractivity contribution in [1.82, 2.24) is 4.57 Å². The first-order valence-electron chi connectivity index (χ1n) is 10.8. The van der Waals surface area contributed by atoms with Crippen LogP contribution in [0.15, 0.2) is 24.4 Å². The fourth-order valence-electron chi connectivity index (χ4n) is 3.70. The lowest BCUT2D eigenvalue weighted by Gasteiger charge is -2.16. The molecular weight excluding hydrogens is 437 g/mol. The number of aromatic nitrogens is 1. The molecule has 0 fully saturated rings. The summed E-state index contributed by atoms with van der Waals surface area (Å²) in [5.41, 5.74) is 7.22. The molecule has 1 heterocycles. The number of Topliss-reactive ketones (excluding diaryl/α,β-unsaturated/α-hetero) is 1. The van der Waals surface area contributed by atoms with Gasteiger partial charge in [-0.3, -0.25) is 14.2 Å². The topological polar surface area (TPSA) is 91.4 Å². The second-order valence-corrected chi connectivity index (χ2v) is 9.48. The Kier molecular flexibility index (Phi) is 9.79. The Balaban J connectivity index is 2.29. The molecule has 2 rings (SSSR count). The summed E-state index contributed by atoms with van der Waals surface area (Å²) in [4.78, 5) is 24.1. The molecule has 0 bridgehead atoms. The normalized spacial score (nSPS) is 13.2. The van der Waals surface area contributed by atoms with Gasteiger partial charge >= 0.3 is 0 Å². The van der Waals surface area contributed by atoms with Gasteiger partial charge in [0.15, 0.2) is 8.03 Å². The summed E-state index contributed by atoms with van der Waals surface area (Å²) in [6.07, 6.45) is 4.69. The first-order chi connectivity index (χ1) is 15.2. The third-order valence-corrected chi connectivity index (χ3v) is 6.74. The molecule has 32 heavy (non-hydrogen) atoms. The molecule has 6 nitrogen and oxygen atoms in total. The summed E-state index contributed by atoms with van der Waals surface area (Å²) < 4.78 is 46.2. The Hall–Kier alpha value is -2.31. The molecule has 2 N–H and O–H groups in total. The molecule has 0 aliphatic rings. The predicted molar refractivity (Wildman–Crippen MR) is 120 cm³/mol. The van der Waals surface area contributed by atoms with Crippen LogP contribution in [0.5, 0.6) is 0 Å². The van der Waals surface area contributed by atoms with Crippen molar-refractivity contribution in [1.29, 1.82) is 0 Å². The van der Waals surface area contributed by atoms with Crippen molar-refractivity contribution in [2.75, 3.05) is 12.8 Å². The van der Waals surface area contributed by atoms with E-state index >= 15 is 0 Å². The highest BCUT2D eigenvalue weighted by atomic mass is 31.1. The van der Waals surface area contributed by atoms with Gasteiger partial charge in [-0.25, -0.2) is 8.78 Å². The lowest BCUT2D eigenvalue weighted by atomic mass is 9.91. The van der Waals surface area contributed by atoms with E-state index in [1.54, 1.807) is 11.5 Å². The molecule has 2 aromatic rings. The smallest absolute Gasteiger partial charge is 0.289 e. The van der Waals surface area contributed by atoms with Gasteiger partial charge in [-0.1, -0.05) is 20.3 Å². The summed E-state index contributed by atoms with van der Waals surface area (Å²) in [6, 6.07) is 3.24. The maximum atomic E-state index is 13.6. The number of carbonyl (C=O) groups excluding carboxylic acids is 2. The van der Waals surface area contributed by atoms with Crippen LogP contribution in [-0.2, 0) is 26.8 Å². The highest BCUT2D eigenvalue weighted by Crippen LogP contribution is 2.30. The second kappa shape index (κ2) is 12.1. The first kappa shape index (κ1) is 25.9. The summed E-state index contributed by atoms with van der Waals surface area (Å²) >= 11 is 0. The monoisotopic (exact) mass is 468 g/mol. The number of primary amides is 1. The molecule has 1 aromatic carbocycles. The van der Waals surface area contributed by atoms with Gasteiger partial charge in [-0.05, 0) is 55.4 Å². The molecule has 0 spiro atoms. The first-order valence-corrected chi connectivity index (χ1v) is 12.3. The number of nitrogens with two attached hydrogens (primary N) is 1. The molecule has 1 aromatic heterocycles. The minimum atomic E-state index is -2.11. The lowest BCUT2D eigenvalue weighted by molar-refractivity contribution is -0.114.